The molecule has 0 bridgehead atoms. The van der Waals surface area contributed by atoms with E-state index >= 15 is 0 Å². The third-order valence-electron chi connectivity index (χ3n) is 2.27. The number of nitrogens with zero attached hydrogens (tertiary/aromatic N) is 1. The summed E-state index contributed by atoms with van der Waals surface area (Å²) in [5.74, 6) is -0.193. The molecule has 0 fully saturated rings. The number of amides is 2. The summed E-state index contributed by atoms with van der Waals surface area (Å²) in [4.78, 5) is 27.1. The molecule has 0 aromatic carbocycles. The van der Waals surface area contributed by atoms with E-state index in [0.29, 0.717) is 25.1 Å². The number of carbonyl (C=O) groups excluding carboxylic acids is 2. The zero-order valence-electron chi connectivity index (χ0n) is 12.4. The maximum absolute atomic E-state index is 11.8. The average molecular weight is 358 g/mol. The van der Waals surface area contributed by atoms with Crippen LogP contribution in [0.15, 0.2) is 22.9 Å². The molecule has 6 nitrogen and oxygen atoms in total. The number of hydrogen-bond acceptors (Lipinski definition) is 4. The zero-order valence-corrected chi connectivity index (χ0v) is 14.0. The maximum Gasteiger partial charge on any atom is 0.407 e. The Hall–Kier alpha value is -1.63. The van der Waals surface area contributed by atoms with Gasteiger partial charge in [0.15, 0.2) is 0 Å². The summed E-state index contributed by atoms with van der Waals surface area (Å²) in [5.41, 5.74) is -0.0177. The van der Waals surface area contributed by atoms with Crippen LogP contribution in [0, 0.1) is 0 Å². The van der Waals surface area contributed by atoms with Crippen LogP contribution < -0.4 is 10.6 Å². The highest BCUT2D eigenvalue weighted by Crippen LogP contribution is 2.09. The number of halogens is 1. The Labute approximate surface area is 132 Å². The Morgan fingerprint density at radius 2 is 1.90 bits per heavy atom. The molecule has 0 radical (unpaired) electrons. The van der Waals surface area contributed by atoms with Crippen molar-refractivity contribution in [2.45, 2.75) is 32.8 Å². The number of carbonyl (C=O) groups is 2. The second-order valence-corrected chi connectivity index (χ2v) is 6.35. The third kappa shape index (κ3) is 7.65. The standard InChI is InChI=1S/C14H20BrN3O3/c1-14(2,3)21-13(20)18-6-4-5-17-12(19)10-7-11(15)9-16-8-10/h7-9H,4-6H2,1-3H3,(H,17,19)(H,18,20). The molecule has 1 rings (SSSR count). The fourth-order valence-electron chi connectivity index (χ4n) is 1.43. The van der Waals surface area contributed by atoms with Gasteiger partial charge in [-0.1, -0.05) is 0 Å². The van der Waals surface area contributed by atoms with Crippen LogP contribution in [0.2, 0.25) is 0 Å². The molecule has 1 heterocycles. The van der Waals surface area contributed by atoms with E-state index in [-0.39, 0.29) is 5.91 Å². The summed E-state index contributed by atoms with van der Waals surface area (Å²) >= 11 is 3.26. The molecule has 0 saturated heterocycles. The van der Waals surface area contributed by atoms with Gasteiger partial charge in [-0.3, -0.25) is 9.78 Å². The highest BCUT2D eigenvalue weighted by atomic mass is 79.9. The number of hydrogen-bond donors (Lipinski definition) is 2. The fraction of sp³-hybridized carbons (Fsp3) is 0.500. The lowest BCUT2D eigenvalue weighted by atomic mass is 10.2. The minimum Gasteiger partial charge on any atom is -0.444 e. The molecule has 1 aromatic rings. The van der Waals surface area contributed by atoms with Crippen LogP contribution in [-0.2, 0) is 4.74 Å². The minimum atomic E-state index is -0.508. The quantitative estimate of drug-likeness (QED) is 0.793. The van der Waals surface area contributed by atoms with Gasteiger partial charge in [0.2, 0.25) is 0 Å². The summed E-state index contributed by atoms with van der Waals surface area (Å²) in [7, 11) is 0. The minimum absolute atomic E-state index is 0.193. The van der Waals surface area contributed by atoms with Crippen molar-refractivity contribution in [2.24, 2.45) is 0 Å². The van der Waals surface area contributed by atoms with E-state index in [1.807, 2.05) is 0 Å². The largest absolute Gasteiger partial charge is 0.444 e. The molecule has 0 aliphatic heterocycles. The highest BCUT2D eigenvalue weighted by molar-refractivity contribution is 9.10. The van der Waals surface area contributed by atoms with Crippen molar-refractivity contribution >= 4 is 27.9 Å². The van der Waals surface area contributed by atoms with Gasteiger partial charge in [0, 0.05) is 30.0 Å². The molecule has 0 aliphatic rings. The predicted molar refractivity (Wildman–Crippen MR) is 83.1 cm³/mol. The van der Waals surface area contributed by atoms with Gasteiger partial charge >= 0.3 is 6.09 Å². The second-order valence-electron chi connectivity index (χ2n) is 5.43. The monoisotopic (exact) mass is 357 g/mol. The molecular formula is C14H20BrN3O3. The average Bonchev–Trinajstić information content (AvgIpc) is 2.36. The van der Waals surface area contributed by atoms with Crippen LogP contribution in [0.25, 0.3) is 0 Å². The number of rotatable bonds is 5. The third-order valence-corrected chi connectivity index (χ3v) is 2.71. The zero-order chi connectivity index (χ0) is 15.9. The van der Waals surface area contributed by atoms with Crippen molar-refractivity contribution in [3.63, 3.8) is 0 Å². The van der Waals surface area contributed by atoms with Crippen molar-refractivity contribution in [1.82, 2.24) is 15.6 Å². The van der Waals surface area contributed by atoms with Gasteiger partial charge in [0.05, 0.1) is 5.56 Å². The fourth-order valence-corrected chi connectivity index (χ4v) is 1.80. The summed E-state index contributed by atoms with van der Waals surface area (Å²) in [6.07, 6.45) is 3.28. The molecule has 0 atom stereocenters. The van der Waals surface area contributed by atoms with Gasteiger partial charge in [-0.05, 0) is 49.2 Å². The molecule has 0 aliphatic carbocycles. The number of alkyl carbamates (subject to hydrolysis) is 1. The first-order valence-corrected chi connectivity index (χ1v) is 7.43. The molecule has 21 heavy (non-hydrogen) atoms. The van der Waals surface area contributed by atoms with Crippen LogP contribution in [0.5, 0.6) is 0 Å². The van der Waals surface area contributed by atoms with Gasteiger partial charge in [-0.25, -0.2) is 4.79 Å². The van der Waals surface area contributed by atoms with Gasteiger partial charge in [-0.2, -0.15) is 0 Å². The van der Waals surface area contributed by atoms with E-state index in [4.69, 9.17) is 4.74 Å². The Bertz CT molecular complexity index is 500. The number of nitrogens with one attached hydrogen (secondary N) is 2. The van der Waals surface area contributed by atoms with Gasteiger partial charge in [0.25, 0.3) is 5.91 Å². The lowest BCUT2D eigenvalue weighted by molar-refractivity contribution is 0.0527. The lowest BCUT2D eigenvalue weighted by Crippen LogP contribution is -2.34. The van der Waals surface area contributed by atoms with Crippen LogP contribution in [0.1, 0.15) is 37.6 Å². The molecule has 116 valence electrons. The molecular weight excluding hydrogens is 338 g/mol. The summed E-state index contributed by atoms with van der Waals surface area (Å²) in [6, 6.07) is 1.70. The van der Waals surface area contributed by atoms with Crippen molar-refractivity contribution < 1.29 is 14.3 Å². The van der Waals surface area contributed by atoms with Crippen molar-refractivity contribution in [3.8, 4) is 0 Å². The van der Waals surface area contributed by atoms with E-state index in [1.165, 1.54) is 6.20 Å². The van der Waals surface area contributed by atoms with Crippen LogP contribution in [-0.4, -0.2) is 35.7 Å². The van der Waals surface area contributed by atoms with Gasteiger partial charge in [-0.15, -0.1) is 0 Å². The molecule has 2 N–H and O–H groups in total. The Balaban J connectivity index is 2.20. The number of ether oxygens (including phenoxy) is 1. The Morgan fingerprint density at radius 3 is 2.52 bits per heavy atom. The van der Waals surface area contributed by atoms with Crippen molar-refractivity contribution in [1.29, 1.82) is 0 Å². The first-order chi connectivity index (χ1) is 9.78. The van der Waals surface area contributed by atoms with Gasteiger partial charge in [0.1, 0.15) is 5.60 Å². The maximum atomic E-state index is 11.8. The second kappa shape index (κ2) is 7.97. The van der Waals surface area contributed by atoms with E-state index in [0.717, 1.165) is 4.47 Å². The Morgan fingerprint density at radius 1 is 1.24 bits per heavy atom. The van der Waals surface area contributed by atoms with Crippen LogP contribution in [0.4, 0.5) is 4.79 Å². The van der Waals surface area contributed by atoms with E-state index < -0.39 is 11.7 Å². The number of aromatic nitrogens is 1. The summed E-state index contributed by atoms with van der Waals surface area (Å²) in [6.45, 7) is 6.31. The topological polar surface area (TPSA) is 80.3 Å². The summed E-state index contributed by atoms with van der Waals surface area (Å²) in [5, 5.41) is 5.39. The molecule has 1 aromatic heterocycles. The van der Waals surface area contributed by atoms with Crippen LogP contribution >= 0.6 is 15.9 Å². The van der Waals surface area contributed by atoms with E-state index in [9.17, 15) is 9.59 Å². The number of pyridine rings is 1. The molecule has 2 amide bonds. The summed E-state index contributed by atoms with van der Waals surface area (Å²) < 4.78 is 5.85. The molecule has 0 unspecified atom stereocenters. The lowest BCUT2D eigenvalue weighted by Gasteiger charge is -2.19. The van der Waals surface area contributed by atoms with Crippen LogP contribution in [0.3, 0.4) is 0 Å². The van der Waals surface area contributed by atoms with Gasteiger partial charge < -0.3 is 15.4 Å². The normalized spacial score (nSPS) is 10.9. The van der Waals surface area contributed by atoms with E-state index in [1.54, 1.807) is 33.0 Å². The van der Waals surface area contributed by atoms with Crippen molar-refractivity contribution in [2.75, 3.05) is 13.1 Å². The molecule has 0 spiro atoms. The SMILES string of the molecule is CC(C)(C)OC(=O)NCCCNC(=O)c1cncc(Br)c1. The molecule has 0 saturated carbocycles. The smallest absolute Gasteiger partial charge is 0.407 e. The van der Waals surface area contributed by atoms with E-state index in [2.05, 4.69) is 31.5 Å². The highest BCUT2D eigenvalue weighted by Gasteiger charge is 2.15. The molecule has 7 heteroatoms. The first-order valence-electron chi connectivity index (χ1n) is 6.63. The van der Waals surface area contributed by atoms with Crippen molar-refractivity contribution in [3.05, 3.63) is 28.5 Å². The Kier molecular flexibility index (Phi) is 6.61. The predicted octanol–water partition coefficient (Wildman–Crippen LogP) is 2.49. The first kappa shape index (κ1) is 17.4.